The Hall–Kier alpha value is -1.77. The Morgan fingerprint density at radius 3 is 2.75 bits per heavy atom. The number of hydrogen-bond donors (Lipinski definition) is 1. The van der Waals surface area contributed by atoms with Crippen LogP contribution in [0.4, 0.5) is 5.69 Å². The highest BCUT2D eigenvalue weighted by Gasteiger charge is 2.02. The van der Waals surface area contributed by atoms with Gasteiger partial charge in [-0.1, -0.05) is 12.1 Å². The van der Waals surface area contributed by atoms with E-state index in [0.717, 1.165) is 17.9 Å². The third kappa shape index (κ3) is 2.42. The molecular weight excluding hydrogens is 198 g/mol. The predicted molar refractivity (Wildman–Crippen MR) is 66.5 cm³/mol. The van der Waals surface area contributed by atoms with Gasteiger partial charge in [-0.25, -0.2) is 0 Å². The molecule has 1 aromatic carbocycles. The first-order chi connectivity index (χ1) is 7.65. The predicted octanol–water partition coefficient (Wildman–Crippen LogP) is 2.65. The summed E-state index contributed by atoms with van der Waals surface area (Å²) in [7, 11) is 1.95. The van der Waals surface area contributed by atoms with Gasteiger partial charge < -0.3 is 5.32 Å². The largest absolute Gasteiger partial charge is 0.381 e. The second-order valence-corrected chi connectivity index (χ2v) is 4.14. The molecule has 0 fully saturated rings. The van der Waals surface area contributed by atoms with E-state index in [1.165, 1.54) is 11.1 Å². The third-order valence-electron chi connectivity index (χ3n) is 2.62. The van der Waals surface area contributed by atoms with Crippen LogP contribution < -0.4 is 5.32 Å². The van der Waals surface area contributed by atoms with E-state index in [1.807, 2.05) is 18.7 Å². The van der Waals surface area contributed by atoms with Crippen LogP contribution in [0.2, 0.25) is 0 Å². The van der Waals surface area contributed by atoms with E-state index >= 15 is 0 Å². The Balaban J connectivity index is 2.05. The number of aryl methyl sites for hydroxylation is 3. The second kappa shape index (κ2) is 4.39. The van der Waals surface area contributed by atoms with Crippen molar-refractivity contribution in [3.8, 4) is 0 Å². The minimum atomic E-state index is 0.823. The van der Waals surface area contributed by atoms with Crippen LogP contribution in [0.15, 0.2) is 30.5 Å². The molecule has 0 radical (unpaired) electrons. The Labute approximate surface area is 96.1 Å². The van der Waals surface area contributed by atoms with Crippen LogP contribution in [-0.2, 0) is 13.6 Å². The summed E-state index contributed by atoms with van der Waals surface area (Å²) in [6.07, 6.45) is 2.05. The molecule has 0 aliphatic rings. The van der Waals surface area contributed by atoms with Crippen molar-refractivity contribution >= 4 is 5.69 Å². The SMILES string of the molecule is Cc1cccc(NCc2cn(C)nc2C)c1. The first kappa shape index (κ1) is 10.7. The maximum atomic E-state index is 4.32. The number of nitrogens with one attached hydrogen (secondary N) is 1. The lowest BCUT2D eigenvalue weighted by Gasteiger charge is -2.05. The zero-order valence-electron chi connectivity index (χ0n) is 9.99. The van der Waals surface area contributed by atoms with Crippen LogP contribution in [-0.4, -0.2) is 9.78 Å². The summed E-state index contributed by atoms with van der Waals surface area (Å²) < 4.78 is 1.85. The van der Waals surface area contributed by atoms with E-state index in [0.29, 0.717) is 0 Å². The number of hydrogen-bond acceptors (Lipinski definition) is 2. The van der Waals surface area contributed by atoms with Crippen molar-refractivity contribution < 1.29 is 0 Å². The maximum Gasteiger partial charge on any atom is 0.0643 e. The molecule has 0 aliphatic heterocycles. The van der Waals surface area contributed by atoms with Gasteiger partial charge in [-0.15, -0.1) is 0 Å². The number of rotatable bonds is 3. The second-order valence-electron chi connectivity index (χ2n) is 4.14. The summed E-state index contributed by atoms with van der Waals surface area (Å²) in [5.41, 5.74) is 4.75. The van der Waals surface area contributed by atoms with E-state index in [-0.39, 0.29) is 0 Å². The van der Waals surface area contributed by atoms with Gasteiger partial charge in [-0.05, 0) is 31.5 Å². The third-order valence-corrected chi connectivity index (χ3v) is 2.62. The topological polar surface area (TPSA) is 29.9 Å². The quantitative estimate of drug-likeness (QED) is 0.853. The van der Waals surface area contributed by atoms with Crippen molar-refractivity contribution in [2.75, 3.05) is 5.32 Å². The van der Waals surface area contributed by atoms with Gasteiger partial charge in [0.15, 0.2) is 0 Å². The summed E-state index contributed by atoms with van der Waals surface area (Å²) in [6.45, 7) is 4.96. The maximum absolute atomic E-state index is 4.32. The molecule has 0 saturated carbocycles. The Bertz CT molecular complexity index is 486. The summed E-state index contributed by atoms with van der Waals surface area (Å²) in [6, 6.07) is 8.39. The average Bonchev–Trinajstić information content (AvgIpc) is 2.54. The molecule has 1 heterocycles. The normalized spacial score (nSPS) is 10.4. The number of benzene rings is 1. The molecule has 3 nitrogen and oxygen atoms in total. The highest BCUT2D eigenvalue weighted by atomic mass is 15.2. The Morgan fingerprint density at radius 1 is 1.31 bits per heavy atom. The highest BCUT2D eigenvalue weighted by molar-refractivity contribution is 5.45. The van der Waals surface area contributed by atoms with Crippen molar-refractivity contribution in [2.45, 2.75) is 20.4 Å². The molecule has 16 heavy (non-hydrogen) atoms. The van der Waals surface area contributed by atoms with Gasteiger partial charge in [0.05, 0.1) is 5.69 Å². The molecule has 2 aromatic rings. The minimum Gasteiger partial charge on any atom is -0.381 e. The van der Waals surface area contributed by atoms with Crippen LogP contribution in [0.1, 0.15) is 16.8 Å². The van der Waals surface area contributed by atoms with Crippen molar-refractivity contribution in [2.24, 2.45) is 7.05 Å². The van der Waals surface area contributed by atoms with Crippen LogP contribution >= 0.6 is 0 Å². The van der Waals surface area contributed by atoms with Gasteiger partial charge in [0.1, 0.15) is 0 Å². The molecule has 0 spiro atoms. The zero-order valence-corrected chi connectivity index (χ0v) is 9.99. The summed E-state index contributed by atoms with van der Waals surface area (Å²) in [5, 5.41) is 7.72. The Morgan fingerprint density at radius 2 is 2.12 bits per heavy atom. The van der Waals surface area contributed by atoms with Gasteiger partial charge in [0.2, 0.25) is 0 Å². The van der Waals surface area contributed by atoms with E-state index in [2.05, 4.69) is 47.8 Å². The molecule has 1 N–H and O–H groups in total. The fourth-order valence-corrected chi connectivity index (χ4v) is 1.77. The smallest absolute Gasteiger partial charge is 0.0643 e. The van der Waals surface area contributed by atoms with Crippen LogP contribution in [0.25, 0.3) is 0 Å². The van der Waals surface area contributed by atoms with E-state index in [9.17, 15) is 0 Å². The molecule has 0 bridgehead atoms. The first-order valence-electron chi connectivity index (χ1n) is 5.45. The average molecular weight is 215 g/mol. The van der Waals surface area contributed by atoms with Gasteiger partial charge in [-0.3, -0.25) is 4.68 Å². The lowest BCUT2D eigenvalue weighted by atomic mass is 10.2. The number of nitrogens with zero attached hydrogens (tertiary/aromatic N) is 2. The first-order valence-corrected chi connectivity index (χ1v) is 5.45. The van der Waals surface area contributed by atoms with Crippen molar-refractivity contribution in [1.29, 1.82) is 0 Å². The van der Waals surface area contributed by atoms with Gasteiger partial charge >= 0.3 is 0 Å². The monoisotopic (exact) mass is 215 g/mol. The molecule has 0 atom stereocenters. The molecule has 0 aliphatic carbocycles. The molecule has 3 heteroatoms. The molecule has 84 valence electrons. The van der Waals surface area contributed by atoms with E-state index in [1.54, 1.807) is 0 Å². The van der Waals surface area contributed by atoms with Crippen LogP contribution in [0.3, 0.4) is 0 Å². The van der Waals surface area contributed by atoms with E-state index < -0.39 is 0 Å². The van der Waals surface area contributed by atoms with Crippen molar-refractivity contribution in [1.82, 2.24) is 9.78 Å². The molecule has 0 saturated heterocycles. The summed E-state index contributed by atoms with van der Waals surface area (Å²) in [4.78, 5) is 0. The molecule has 2 rings (SSSR count). The highest BCUT2D eigenvalue weighted by Crippen LogP contribution is 2.12. The van der Waals surface area contributed by atoms with Crippen molar-refractivity contribution in [3.63, 3.8) is 0 Å². The number of anilines is 1. The van der Waals surface area contributed by atoms with E-state index in [4.69, 9.17) is 0 Å². The minimum absolute atomic E-state index is 0.823. The molecule has 0 unspecified atom stereocenters. The lowest BCUT2D eigenvalue weighted by Crippen LogP contribution is -1.99. The summed E-state index contributed by atoms with van der Waals surface area (Å²) >= 11 is 0. The van der Waals surface area contributed by atoms with Gasteiger partial charge in [0.25, 0.3) is 0 Å². The zero-order chi connectivity index (χ0) is 11.5. The fourth-order valence-electron chi connectivity index (χ4n) is 1.77. The lowest BCUT2D eigenvalue weighted by molar-refractivity contribution is 0.756. The van der Waals surface area contributed by atoms with Gasteiger partial charge in [0, 0.05) is 31.0 Å². The molecular formula is C13H17N3. The van der Waals surface area contributed by atoms with Crippen LogP contribution in [0, 0.1) is 13.8 Å². The Kier molecular flexibility index (Phi) is 2.95. The standard InChI is InChI=1S/C13H17N3/c1-10-5-4-6-13(7-10)14-8-12-9-16(3)15-11(12)2/h4-7,9,14H,8H2,1-3H3. The fraction of sp³-hybridized carbons (Fsp3) is 0.308. The number of aromatic nitrogens is 2. The van der Waals surface area contributed by atoms with Crippen molar-refractivity contribution in [3.05, 3.63) is 47.3 Å². The molecule has 0 amide bonds. The van der Waals surface area contributed by atoms with Crippen LogP contribution in [0.5, 0.6) is 0 Å². The summed E-state index contributed by atoms with van der Waals surface area (Å²) in [5.74, 6) is 0. The van der Waals surface area contributed by atoms with Gasteiger partial charge in [-0.2, -0.15) is 5.10 Å². The molecule has 1 aromatic heterocycles.